The summed E-state index contributed by atoms with van der Waals surface area (Å²) in [6.07, 6.45) is 12.3. The third-order valence-electron chi connectivity index (χ3n) is 5.29. The second-order valence-electron chi connectivity index (χ2n) is 7.43. The molecule has 1 saturated carbocycles. The molecule has 1 aromatic carbocycles. The van der Waals surface area contributed by atoms with Gasteiger partial charge in [0, 0.05) is 12.5 Å². The van der Waals surface area contributed by atoms with Crippen LogP contribution in [0, 0.1) is 17.8 Å². The first kappa shape index (κ1) is 21.8. The van der Waals surface area contributed by atoms with E-state index in [2.05, 4.69) is 32.6 Å². The Morgan fingerprint density at radius 1 is 1.20 bits per heavy atom. The summed E-state index contributed by atoms with van der Waals surface area (Å²) < 4.78 is 5.12. The maximum absolute atomic E-state index is 9.01. The van der Waals surface area contributed by atoms with Crippen molar-refractivity contribution in [2.24, 2.45) is 17.8 Å². The number of ether oxygens (including phenoxy) is 1. The van der Waals surface area contributed by atoms with E-state index in [0.29, 0.717) is 11.8 Å². The van der Waals surface area contributed by atoms with Gasteiger partial charge in [0.25, 0.3) is 0 Å². The number of methoxy groups -OCH3 is 1. The third-order valence-corrected chi connectivity index (χ3v) is 5.29. The summed E-state index contributed by atoms with van der Waals surface area (Å²) in [6.45, 7) is 8.59. The number of aliphatic hydroxyl groups excluding tert-OH is 1. The quantitative estimate of drug-likeness (QED) is 0.582. The van der Waals surface area contributed by atoms with Gasteiger partial charge in [-0.2, -0.15) is 0 Å². The molecule has 0 radical (unpaired) electrons. The van der Waals surface area contributed by atoms with Crippen molar-refractivity contribution < 1.29 is 9.84 Å². The van der Waals surface area contributed by atoms with Crippen molar-refractivity contribution in [1.29, 1.82) is 0 Å². The van der Waals surface area contributed by atoms with E-state index in [4.69, 9.17) is 9.84 Å². The van der Waals surface area contributed by atoms with E-state index in [1.54, 1.807) is 7.11 Å². The van der Waals surface area contributed by atoms with Crippen molar-refractivity contribution in [1.82, 2.24) is 0 Å². The zero-order chi connectivity index (χ0) is 18.5. The van der Waals surface area contributed by atoms with Gasteiger partial charge in [0.05, 0.1) is 7.11 Å². The summed E-state index contributed by atoms with van der Waals surface area (Å²) in [7, 11) is 1.70. The SMILES string of the molecule is C=C[C@@H](CO)C1CCCCC1.CCCC(C)Cc1ccc(OC)cc1. The minimum absolute atomic E-state index is 0.286. The highest BCUT2D eigenvalue weighted by Gasteiger charge is 2.20. The van der Waals surface area contributed by atoms with Crippen LogP contribution in [0.15, 0.2) is 36.9 Å². The minimum atomic E-state index is 0.286. The van der Waals surface area contributed by atoms with Crippen LogP contribution in [0.25, 0.3) is 0 Å². The molecule has 0 saturated heterocycles. The molecule has 0 heterocycles. The van der Waals surface area contributed by atoms with Crippen LogP contribution < -0.4 is 4.74 Å². The summed E-state index contributed by atoms with van der Waals surface area (Å²) in [6, 6.07) is 8.39. The fourth-order valence-corrected chi connectivity index (χ4v) is 3.74. The van der Waals surface area contributed by atoms with Gasteiger partial charge >= 0.3 is 0 Å². The van der Waals surface area contributed by atoms with Crippen LogP contribution in [-0.2, 0) is 6.42 Å². The normalized spacial score (nSPS) is 17.1. The van der Waals surface area contributed by atoms with Crippen LogP contribution in [0.1, 0.15) is 64.4 Å². The van der Waals surface area contributed by atoms with Gasteiger partial charge in [0.15, 0.2) is 0 Å². The predicted molar refractivity (Wildman–Crippen MR) is 108 cm³/mol. The molecule has 1 fully saturated rings. The van der Waals surface area contributed by atoms with E-state index in [-0.39, 0.29) is 6.61 Å². The van der Waals surface area contributed by atoms with Crippen LogP contribution in [-0.4, -0.2) is 18.8 Å². The van der Waals surface area contributed by atoms with Crippen molar-refractivity contribution in [2.75, 3.05) is 13.7 Å². The van der Waals surface area contributed by atoms with Crippen LogP contribution in [0.5, 0.6) is 5.75 Å². The average Bonchev–Trinajstić information content (AvgIpc) is 2.65. The Hall–Kier alpha value is -1.28. The van der Waals surface area contributed by atoms with Crippen molar-refractivity contribution in [3.8, 4) is 5.75 Å². The summed E-state index contributed by atoms with van der Waals surface area (Å²) in [5.74, 6) is 2.80. The molecule has 1 aromatic rings. The first-order valence-electron chi connectivity index (χ1n) is 10.0. The van der Waals surface area contributed by atoms with Gasteiger partial charge in [-0.25, -0.2) is 0 Å². The maximum Gasteiger partial charge on any atom is 0.118 e. The molecule has 25 heavy (non-hydrogen) atoms. The minimum Gasteiger partial charge on any atom is -0.497 e. The molecule has 0 bridgehead atoms. The van der Waals surface area contributed by atoms with Crippen LogP contribution in [0.2, 0.25) is 0 Å². The zero-order valence-corrected chi connectivity index (χ0v) is 16.5. The highest BCUT2D eigenvalue weighted by Crippen LogP contribution is 2.30. The van der Waals surface area contributed by atoms with Crippen LogP contribution >= 0.6 is 0 Å². The van der Waals surface area contributed by atoms with E-state index in [1.807, 2.05) is 18.2 Å². The lowest BCUT2D eigenvalue weighted by atomic mass is 9.80. The topological polar surface area (TPSA) is 29.5 Å². The summed E-state index contributed by atoms with van der Waals surface area (Å²) in [5, 5.41) is 9.01. The molecule has 2 rings (SSSR count). The fraction of sp³-hybridized carbons (Fsp3) is 0.652. The molecule has 1 unspecified atom stereocenters. The monoisotopic (exact) mass is 346 g/mol. The molecule has 0 spiro atoms. The van der Waals surface area contributed by atoms with Crippen molar-refractivity contribution in [3.05, 3.63) is 42.5 Å². The lowest BCUT2D eigenvalue weighted by molar-refractivity contribution is 0.179. The third kappa shape index (κ3) is 8.58. The highest BCUT2D eigenvalue weighted by atomic mass is 16.5. The second kappa shape index (κ2) is 13.0. The van der Waals surface area contributed by atoms with E-state index in [1.165, 1.54) is 56.9 Å². The molecule has 0 aromatic heterocycles. The van der Waals surface area contributed by atoms with Gasteiger partial charge in [-0.05, 0) is 48.8 Å². The van der Waals surface area contributed by atoms with Crippen molar-refractivity contribution in [3.63, 3.8) is 0 Å². The fourth-order valence-electron chi connectivity index (χ4n) is 3.74. The number of hydrogen-bond donors (Lipinski definition) is 1. The molecule has 1 aliphatic rings. The molecular weight excluding hydrogens is 308 g/mol. The summed E-state index contributed by atoms with van der Waals surface area (Å²) in [5.41, 5.74) is 1.41. The van der Waals surface area contributed by atoms with Gasteiger partial charge in [0.2, 0.25) is 0 Å². The van der Waals surface area contributed by atoms with Gasteiger partial charge in [-0.3, -0.25) is 0 Å². The Bertz CT molecular complexity index is 446. The van der Waals surface area contributed by atoms with E-state index >= 15 is 0 Å². The standard InChI is InChI=1S/C13H20O.C10H18O/c1-4-5-11(2)10-12-6-8-13(14-3)9-7-12;1-2-9(8-11)10-6-4-3-5-7-10/h6-9,11H,4-5,10H2,1-3H3;2,9-11H,1,3-8H2/t;9-/m.0/s1. The molecule has 2 nitrogen and oxygen atoms in total. The molecule has 1 aliphatic carbocycles. The lowest BCUT2D eigenvalue weighted by Crippen LogP contribution is -2.18. The Labute approximate surface area is 155 Å². The Morgan fingerprint density at radius 3 is 2.32 bits per heavy atom. The molecule has 2 heteroatoms. The van der Waals surface area contributed by atoms with E-state index in [9.17, 15) is 0 Å². The maximum atomic E-state index is 9.01. The highest BCUT2D eigenvalue weighted by molar-refractivity contribution is 5.27. The number of rotatable bonds is 8. The van der Waals surface area contributed by atoms with E-state index in [0.717, 1.165) is 11.7 Å². The lowest BCUT2D eigenvalue weighted by Gasteiger charge is -2.26. The molecule has 1 N–H and O–H groups in total. The summed E-state index contributed by atoms with van der Waals surface area (Å²) >= 11 is 0. The molecule has 0 aliphatic heterocycles. The average molecular weight is 347 g/mol. The molecule has 2 atom stereocenters. The predicted octanol–water partition coefficient (Wildman–Crippen LogP) is 6.04. The van der Waals surface area contributed by atoms with Gasteiger partial charge < -0.3 is 9.84 Å². The van der Waals surface area contributed by atoms with E-state index < -0.39 is 0 Å². The Morgan fingerprint density at radius 2 is 1.84 bits per heavy atom. The zero-order valence-electron chi connectivity index (χ0n) is 16.5. The molecule has 0 amide bonds. The number of aliphatic hydroxyl groups is 1. The molecular formula is C23H38O2. The Balaban J connectivity index is 0.000000257. The number of benzene rings is 1. The van der Waals surface area contributed by atoms with Crippen LogP contribution in [0.3, 0.4) is 0 Å². The molecule has 142 valence electrons. The Kier molecular flexibility index (Phi) is 11.3. The number of hydrogen-bond acceptors (Lipinski definition) is 2. The summed E-state index contributed by atoms with van der Waals surface area (Å²) in [4.78, 5) is 0. The van der Waals surface area contributed by atoms with Gasteiger partial charge in [-0.15, -0.1) is 6.58 Å². The van der Waals surface area contributed by atoms with Crippen LogP contribution in [0.4, 0.5) is 0 Å². The van der Waals surface area contributed by atoms with Gasteiger partial charge in [-0.1, -0.05) is 64.2 Å². The smallest absolute Gasteiger partial charge is 0.118 e. The first-order chi connectivity index (χ1) is 12.1. The second-order valence-corrected chi connectivity index (χ2v) is 7.43. The van der Waals surface area contributed by atoms with Crippen molar-refractivity contribution in [2.45, 2.75) is 65.2 Å². The van der Waals surface area contributed by atoms with Crippen molar-refractivity contribution >= 4 is 0 Å². The first-order valence-corrected chi connectivity index (χ1v) is 10.0. The van der Waals surface area contributed by atoms with Gasteiger partial charge in [0.1, 0.15) is 5.75 Å². The largest absolute Gasteiger partial charge is 0.497 e.